The largest absolute Gasteiger partial charge is 1.00 e. The summed E-state index contributed by atoms with van der Waals surface area (Å²) in [6.45, 7) is 2.02. The fourth-order valence-corrected chi connectivity index (χ4v) is 0.917. The van der Waals surface area contributed by atoms with Crippen LogP contribution in [-0.4, -0.2) is 10.3 Å². The fraction of sp³-hybridized carbons (Fsp3) is 0.143. The Morgan fingerprint density at radius 3 is 3.00 bits per heavy atom. The maximum atomic E-state index is 3.82. The molecule has 2 aromatic rings. The van der Waals surface area contributed by atoms with E-state index in [1.807, 2.05) is 25.1 Å². The molecule has 0 bridgehead atoms. The Bertz CT molecular complexity index is 355. The van der Waals surface area contributed by atoms with Crippen LogP contribution in [0.5, 0.6) is 0 Å². The van der Waals surface area contributed by atoms with Crippen molar-refractivity contribution in [3.05, 3.63) is 23.8 Å². The molecule has 1 aromatic carbocycles. The van der Waals surface area contributed by atoms with Gasteiger partial charge in [0, 0.05) is 0 Å². The maximum Gasteiger partial charge on any atom is 1.00 e. The van der Waals surface area contributed by atoms with Gasteiger partial charge in [-0.2, -0.15) is 0 Å². The molecule has 0 aliphatic carbocycles. The van der Waals surface area contributed by atoms with Crippen molar-refractivity contribution in [1.29, 1.82) is 0 Å². The summed E-state index contributed by atoms with van der Waals surface area (Å²) in [6.07, 6.45) is 0. The van der Waals surface area contributed by atoms with Crippen LogP contribution in [0.1, 0.15) is 5.56 Å². The van der Waals surface area contributed by atoms with Gasteiger partial charge in [0.05, 0.1) is 0 Å². The molecule has 0 atom stereocenters. The van der Waals surface area contributed by atoms with E-state index < -0.39 is 0 Å². The van der Waals surface area contributed by atoms with Crippen LogP contribution in [0.15, 0.2) is 18.2 Å². The zero-order chi connectivity index (χ0) is 6.97. The van der Waals surface area contributed by atoms with Crippen LogP contribution >= 0.6 is 0 Å². The minimum absolute atomic E-state index is 0. The Balaban J connectivity index is 0.000000605. The van der Waals surface area contributed by atoms with Crippen LogP contribution in [0.25, 0.3) is 11.0 Å². The number of benzene rings is 1. The number of hydrogen-bond acceptors (Lipinski definition) is 2. The molecule has 0 aliphatic heterocycles. The van der Waals surface area contributed by atoms with E-state index in [4.69, 9.17) is 0 Å². The van der Waals surface area contributed by atoms with E-state index in [-0.39, 0.29) is 51.4 Å². The zero-order valence-corrected chi connectivity index (χ0v) is 9.70. The molecule has 2 rings (SSSR count). The number of aryl methyl sites for hydroxylation is 1. The quantitative estimate of drug-likeness (QED) is 0.426. The summed E-state index contributed by atoms with van der Waals surface area (Å²) in [5.74, 6) is 0. The van der Waals surface area contributed by atoms with E-state index in [1.54, 1.807) is 0 Å². The molecule has 0 saturated carbocycles. The Kier molecular flexibility index (Phi) is 3.21. The van der Waals surface area contributed by atoms with Crippen LogP contribution in [0.2, 0.25) is 0 Å². The Hall–Kier alpha value is 0.256. The second-order valence-electron chi connectivity index (χ2n) is 2.28. The summed E-state index contributed by atoms with van der Waals surface area (Å²) < 4.78 is 0. The van der Waals surface area contributed by atoms with Gasteiger partial charge in [-0.3, -0.25) is 5.21 Å². The van der Waals surface area contributed by atoms with Crippen molar-refractivity contribution in [2.75, 3.05) is 0 Å². The van der Waals surface area contributed by atoms with Crippen LogP contribution in [0, 0.1) is 6.92 Å². The maximum absolute atomic E-state index is 3.82. The van der Waals surface area contributed by atoms with Crippen LogP contribution in [-0.2, 0) is 0 Å². The summed E-state index contributed by atoms with van der Waals surface area (Å²) in [5, 5.41) is 11.2. The molecule has 0 amide bonds. The normalized spacial score (nSPS) is 9.55. The van der Waals surface area contributed by atoms with E-state index in [0.717, 1.165) is 11.0 Å². The number of fused-ring (bicyclic) bond motifs is 1. The van der Waals surface area contributed by atoms with E-state index >= 15 is 0 Å². The fourth-order valence-electron chi connectivity index (χ4n) is 0.917. The third-order valence-electron chi connectivity index (χ3n) is 1.44. The molecule has 0 unspecified atom stereocenters. The Morgan fingerprint density at radius 1 is 1.36 bits per heavy atom. The van der Waals surface area contributed by atoms with Gasteiger partial charge >= 0.3 is 51.4 Å². The number of hydrogen-bond donors (Lipinski definition) is 0. The third-order valence-corrected chi connectivity index (χ3v) is 1.44. The summed E-state index contributed by atoms with van der Waals surface area (Å²) >= 11 is 0. The summed E-state index contributed by atoms with van der Waals surface area (Å²) in [6, 6.07) is 5.89. The van der Waals surface area contributed by atoms with Gasteiger partial charge in [0.2, 0.25) is 0 Å². The van der Waals surface area contributed by atoms with Gasteiger partial charge in [0.25, 0.3) is 0 Å². The average molecular weight is 171 g/mol. The molecule has 0 fully saturated rings. The Labute approximate surface area is 107 Å². The zero-order valence-electron chi connectivity index (χ0n) is 6.57. The van der Waals surface area contributed by atoms with Crippen molar-refractivity contribution in [3.8, 4) is 0 Å². The molecule has 1 aromatic heterocycles. The summed E-state index contributed by atoms with van der Waals surface area (Å²) in [5.41, 5.74) is 2.93. The smallest absolute Gasteiger partial charge is 0.350 e. The first-order valence-corrected chi connectivity index (χ1v) is 3.09. The molecule has 50 valence electrons. The third kappa shape index (κ3) is 1.89. The minimum atomic E-state index is 0. The molecule has 0 saturated heterocycles. The molecule has 0 spiro atoms. The first-order chi connectivity index (χ1) is 4.86. The summed E-state index contributed by atoms with van der Waals surface area (Å²) in [4.78, 5) is 0. The molecule has 0 radical (unpaired) electrons. The van der Waals surface area contributed by atoms with Gasteiger partial charge in [0.1, 0.15) is 0 Å². The standard InChI is InChI=1S/C7H6N3.K/c1-5-2-3-6-7(4-5)9-10-8-6;/h2-4H,1H3;/q-1;+1. The van der Waals surface area contributed by atoms with E-state index in [9.17, 15) is 0 Å². The van der Waals surface area contributed by atoms with Gasteiger partial charge in [-0.15, -0.1) is 0 Å². The topological polar surface area (TPSA) is 39.9 Å². The van der Waals surface area contributed by atoms with Crippen molar-refractivity contribution >= 4 is 11.0 Å². The van der Waals surface area contributed by atoms with Crippen LogP contribution in [0.3, 0.4) is 0 Å². The molecule has 0 aliphatic rings. The molecular weight excluding hydrogens is 165 g/mol. The molecule has 3 nitrogen and oxygen atoms in total. The molecule has 1 heterocycles. The summed E-state index contributed by atoms with van der Waals surface area (Å²) in [7, 11) is 0. The average Bonchev–Trinajstić information content (AvgIpc) is 2.33. The van der Waals surface area contributed by atoms with E-state index in [0.29, 0.717) is 0 Å². The van der Waals surface area contributed by atoms with Gasteiger partial charge in [-0.25, -0.2) is 0 Å². The molecule has 0 N–H and O–H groups in total. The van der Waals surface area contributed by atoms with Crippen molar-refractivity contribution in [1.82, 2.24) is 15.4 Å². The van der Waals surface area contributed by atoms with Crippen molar-refractivity contribution in [3.63, 3.8) is 0 Å². The van der Waals surface area contributed by atoms with Gasteiger partial charge < -0.3 is 10.2 Å². The van der Waals surface area contributed by atoms with Gasteiger partial charge in [-0.05, 0) is 18.0 Å². The first kappa shape index (κ1) is 9.35. The number of aromatic nitrogens is 3. The molecular formula is C7H6KN3. The molecule has 4 heteroatoms. The van der Waals surface area contributed by atoms with Crippen molar-refractivity contribution < 1.29 is 51.4 Å². The molecule has 11 heavy (non-hydrogen) atoms. The second-order valence-corrected chi connectivity index (χ2v) is 2.28. The van der Waals surface area contributed by atoms with Crippen LogP contribution < -0.4 is 56.5 Å². The van der Waals surface area contributed by atoms with E-state index in [2.05, 4.69) is 15.4 Å². The second kappa shape index (κ2) is 3.78. The first-order valence-electron chi connectivity index (χ1n) is 3.09. The monoisotopic (exact) mass is 171 g/mol. The van der Waals surface area contributed by atoms with Crippen molar-refractivity contribution in [2.45, 2.75) is 6.92 Å². The minimum Gasteiger partial charge on any atom is -0.350 e. The van der Waals surface area contributed by atoms with E-state index in [1.165, 1.54) is 5.56 Å². The number of rotatable bonds is 0. The van der Waals surface area contributed by atoms with Crippen LogP contribution in [0.4, 0.5) is 0 Å². The SMILES string of the molecule is Cc1ccc2[n-]nnc2c1.[K+]. The Morgan fingerprint density at radius 2 is 2.18 bits per heavy atom. The predicted octanol–water partition coefficient (Wildman–Crippen LogP) is -2.10. The van der Waals surface area contributed by atoms with Gasteiger partial charge in [0.15, 0.2) is 0 Å². The van der Waals surface area contributed by atoms with Crippen molar-refractivity contribution in [2.24, 2.45) is 0 Å². The predicted molar refractivity (Wildman–Crippen MR) is 37.6 cm³/mol. The van der Waals surface area contributed by atoms with Gasteiger partial charge in [-0.1, -0.05) is 23.8 Å². The number of nitrogens with zero attached hydrogens (tertiary/aromatic N) is 3.